The van der Waals surface area contributed by atoms with E-state index in [0.717, 1.165) is 11.1 Å². The number of carbonyl (C=O) groups excluding carboxylic acids is 1. The fraction of sp³-hybridized carbons (Fsp3) is 0.471. The molecule has 122 valence electrons. The number of benzene rings is 1. The lowest BCUT2D eigenvalue weighted by molar-refractivity contribution is -0.110. The average Bonchev–Trinajstić information content (AvgIpc) is 2.88. The van der Waals surface area contributed by atoms with Crippen LogP contribution in [0, 0.1) is 13.8 Å². The van der Waals surface area contributed by atoms with Crippen LogP contribution >= 0.6 is 0 Å². The fourth-order valence-electron chi connectivity index (χ4n) is 2.79. The van der Waals surface area contributed by atoms with Crippen LogP contribution in [0.5, 0.6) is 0 Å². The Kier molecular flexibility index (Phi) is 3.47. The number of hydrogen-bond acceptors (Lipinski definition) is 3. The number of halogens is 1. The van der Waals surface area contributed by atoms with Crippen molar-refractivity contribution < 1.29 is 18.5 Å². The van der Waals surface area contributed by atoms with Crippen molar-refractivity contribution >= 4 is 24.3 Å². The topological polar surface area (TPSA) is 47.6 Å². The number of hydrogen-bond donors (Lipinski definition) is 1. The quantitative estimate of drug-likeness (QED) is 0.636. The molecule has 2 aliphatic heterocycles. The predicted molar refractivity (Wildman–Crippen MR) is 88.7 cm³/mol. The summed E-state index contributed by atoms with van der Waals surface area (Å²) in [4.78, 5) is 12.3. The molecule has 1 saturated heterocycles. The number of rotatable bonds is 1. The van der Waals surface area contributed by atoms with Crippen LogP contribution in [0.25, 0.3) is 5.57 Å². The van der Waals surface area contributed by atoms with Gasteiger partial charge in [-0.25, -0.2) is 4.39 Å². The molecule has 0 atom stereocenters. The molecule has 1 fully saturated rings. The lowest BCUT2D eigenvalue weighted by Gasteiger charge is -2.32. The van der Waals surface area contributed by atoms with E-state index in [4.69, 9.17) is 9.31 Å². The van der Waals surface area contributed by atoms with E-state index in [-0.39, 0.29) is 5.57 Å². The Balaban J connectivity index is 2.07. The third-order valence-corrected chi connectivity index (χ3v) is 5.17. The zero-order valence-electron chi connectivity index (χ0n) is 14.3. The Bertz CT molecular complexity index is 724. The fourth-order valence-corrected chi connectivity index (χ4v) is 2.79. The number of fused-ring (bicyclic) bond motifs is 1. The number of carbonyl (C=O) groups is 1. The van der Waals surface area contributed by atoms with Crippen molar-refractivity contribution in [2.75, 3.05) is 5.32 Å². The first-order valence-corrected chi connectivity index (χ1v) is 7.72. The number of anilines is 1. The van der Waals surface area contributed by atoms with E-state index < -0.39 is 30.0 Å². The van der Waals surface area contributed by atoms with Crippen molar-refractivity contribution in [3.63, 3.8) is 0 Å². The molecule has 0 aromatic heterocycles. The van der Waals surface area contributed by atoms with E-state index >= 15 is 4.39 Å². The van der Waals surface area contributed by atoms with Crippen molar-refractivity contribution in [2.24, 2.45) is 0 Å². The lowest BCUT2D eigenvalue weighted by Crippen LogP contribution is -2.41. The van der Waals surface area contributed by atoms with Crippen molar-refractivity contribution in [3.05, 3.63) is 34.5 Å². The first-order chi connectivity index (χ1) is 10.5. The van der Waals surface area contributed by atoms with Gasteiger partial charge in [-0.2, -0.15) is 0 Å². The normalized spacial score (nSPS) is 23.8. The van der Waals surface area contributed by atoms with Crippen molar-refractivity contribution in [3.8, 4) is 0 Å². The van der Waals surface area contributed by atoms with Crippen LogP contribution in [0.1, 0.15) is 44.4 Å². The molecule has 0 bridgehead atoms. The molecule has 23 heavy (non-hydrogen) atoms. The second-order valence-electron chi connectivity index (χ2n) is 7.20. The minimum atomic E-state index is -1.17. The third-order valence-electron chi connectivity index (χ3n) is 5.17. The van der Waals surface area contributed by atoms with Crippen LogP contribution < -0.4 is 5.32 Å². The Labute approximate surface area is 136 Å². The summed E-state index contributed by atoms with van der Waals surface area (Å²) in [6.07, 6.45) is 0. The summed E-state index contributed by atoms with van der Waals surface area (Å²) < 4.78 is 26.5. The van der Waals surface area contributed by atoms with Gasteiger partial charge in [0.25, 0.3) is 5.91 Å². The second-order valence-corrected chi connectivity index (χ2v) is 7.20. The summed E-state index contributed by atoms with van der Waals surface area (Å²) in [7, 11) is -1.17. The van der Waals surface area contributed by atoms with E-state index in [1.165, 1.54) is 0 Å². The molecule has 4 nitrogen and oxygen atoms in total. The molecular weight excluding hydrogens is 296 g/mol. The highest BCUT2D eigenvalue weighted by Crippen LogP contribution is 2.43. The zero-order chi connectivity index (χ0) is 17.2. The van der Waals surface area contributed by atoms with Gasteiger partial charge in [0.2, 0.25) is 0 Å². The van der Waals surface area contributed by atoms with Gasteiger partial charge in [-0.05, 0) is 52.7 Å². The van der Waals surface area contributed by atoms with Gasteiger partial charge in [0.1, 0.15) is 5.73 Å². The molecule has 2 aliphatic rings. The van der Waals surface area contributed by atoms with Crippen LogP contribution in [0.4, 0.5) is 10.1 Å². The van der Waals surface area contributed by atoms with E-state index in [2.05, 4.69) is 5.32 Å². The van der Waals surface area contributed by atoms with Gasteiger partial charge in [-0.1, -0.05) is 12.1 Å². The standard InChI is InChI=1S/C17H21BFNO3/c1-9-7-8-11-12(15(21)20-13(11)10(9)2)14(19)18-22-16(3,4)17(5,6)23-18/h7-8H,1-6H3,(H,20,21). The molecular formula is C17H21BFNO3. The predicted octanol–water partition coefficient (Wildman–Crippen LogP) is 3.57. The monoisotopic (exact) mass is 317 g/mol. The van der Waals surface area contributed by atoms with Gasteiger partial charge in [-0.3, -0.25) is 4.79 Å². The number of amides is 1. The van der Waals surface area contributed by atoms with Gasteiger partial charge in [-0.15, -0.1) is 0 Å². The SMILES string of the molecule is Cc1ccc2c(c1C)NC(=O)C2=C(F)B1OC(C)(C)C(C)(C)O1. The molecule has 3 rings (SSSR count). The van der Waals surface area contributed by atoms with Crippen molar-refractivity contribution in [2.45, 2.75) is 52.7 Å². The van der Waals surface area contributed by atoms with Crippen LogP contribution in [0.2, 0.25) is 0 Å². The van der Waals surface area contributed by atoms with E-state index in [1.54, 1.807) is 6.07 Å². The Hall–Kier alpha value is -1.66. The maximum Gasteiger partial charge on any atom is 0.526 e. The summed E-state index contributed by atoms with van der Waals surface area (Å²) >= 11 is 0. The van der Waals surface area contributed by atoms with E-state index in [0.29, 0.717) is 11.3 Å². The Morgan fingerprint density at radius 2 is 1.70 bits per heavy atom. The van der Waals surface area contributed by atoms with Crippen molar-refractivity contribution in [1.29, 1.82) is 0 Å². The molecule has 0 spiro atoms. The maximum atomic E-state index is 15.0. The van der Waals surface area contributed by atoms with Gasteiger partial charge in [0.05, 0.1) is 22.5 Å². The molecule has 0 saturated carbocycles. The summed E-state index contributed by atoms with van der Waals surface area (Å²) in [5.41, 5.74) is 1.22. The van der Waals surface area contributed by atoms with Crippen molar-refractivity contribution in [1.82, 2.24) is 0 Å². The summed E-state index contributed by atoms with van der Waals surface area (Å²) in [6.45, 7) is 11.3. The molecule has 1 aromatic carbocycles. The third kappa shape index (κ3) is 2.32. The van der Waals surface area contributed by atoms with Gasteiger partial charge in [0, 0.05) is 5.56 Å². The highest BCUT2D eigenvalue weighted by atomic mass is 19.1. The molecule has 1 N–H and O–H groups in total. The highest BCUT2D eigenvalue weighted by molar-refractivity contribution is 6.58. The molecule has 0 radical (unpaired) electrons. The Morgan fingerprint density at radius 3 is 2.26 bits per heavy atom. The molecule has 0 aliphatic carbocycles. The molecule has 1 amide bonds. The minimum absolute atomic E-state index is 0.00148. The van der Waals surface area contributed by atoms with Gasteiger partial charge in [0.15, 0.2) is 0 Å². The number of nitrogens with one attached hydrogen (secondary N) is 1. The van der Waals surface area contributed by atoms with E-state index in [9.17, 15) is 4.79 Å². The second kappa shape index (κ2) is 4.92. The average molecular weight is 317 g/mol. The van der Waals surface area contributed by atoms with Crippen LogP contribution in [-0.4, -0.2) is 24.2 Å². The first kappa shape index (κ1) is 16.2. The molecule has 0 unspecified atom stereocenters. The van der Waals surface area contributed by atoms with E-state index in [1.807, 2.05) is 47.6 Å². The summed E-state index contributed by atoms with van der Waals surface area (Å²) in [6, 6.07) is 3.64. The van der Waals surface area contributed by atoms with Crippen LogP contribution in [-0.2, 0) is 14.1 Å². The Morgan fingerprint density at radius 1 is 1.13 bits per heavy atom. The van der Waals surface area contributed by atoms with Crippen LogP contribution in [0.3, 0.4) is 0 Å². The van der Waals surface area contributed by atoms with Crippen LogP contribution in [0.15, 0.2) is 17.9 Å². The van der Waals surface area contributed by atoms with Gasteiger partial charge < -0.3 is 14.6 Å². The molecule has 6 heteroatoms. The first-order valence-electron chi connectivity index (χ1n) is 7.72. The van der Waals surface area contributed by atoms with Gasteiger partial charge >= 0.3 is 7.12 Å². The summed E-state index contributed by atoms with van der Waals surface area (Å²) in [5, 5.41) is 2.75. The largest absolute Gasteiger partial charge is 0.526 e. The smallest absolute Gasteiger partial charge is 0.398 e. The zero-order valence-corrected chi connectivity index (χ0v) is 14.3. The summed E-state index contributed by atoms with van der Waals surface area (Å²) in [5.74, 6) is -0.457. The highest BCUT2D eigenvalue weighted by Gasteiger charge is 2.54. The molecule has 2 heterocycles. The number of aryl methyl sites for hydroxylation is 1. The minimum Gasteiger partial charge on any atom is -0.398 e. The lowest BCUT2D eigenvalue weighted by atomic mass is 9.82. The maximum absolute atomic E-state index is 15.0. The molecule has 1 aromatic rings.